The highest BCUT2D eigenvalue weighted by molar-refractivity contribution is 7.99. The minimum atomic E-state index is -1.31. The van der Waals surface area contributed by atoms with Crippen molar-refractivity contribution in [3.05, 3.63) is 28.6 Å². The van der Waals surface area contributed by atoms with Crippen LogP contribution in [-0.2, 0) is 11.0 Å². The summed E-state index contributed by atoms with van der Waals surface area (Å²) in [6.07, 6.45) is 8.89. The van der Waals surface area contributed by atoms with Crippen LogP contribution in [0.5, 0.6) is 0 Å². The molecule has 4 N–H and O–H groups in total. The first-order valence-electron chi connectivity index (χ1n) is 10.6. The summed E-state index contributed by atoms with van der Waals surface area (Å²) >= 11 is 13.5. The van der Waals surface area contributed by atoms with Gasteiger partial charge in [-0.15, -0.1) is 0 Å². The molecule has 2 aromatic heterocycles. The Kier molecular flexibility index (Phi) is 6.94. The molecule has 0 radical (unpaired) electrons. The number of piperidine rings is 1. The molecule has 1 saturated heterocycles. The summed E-state index contributed by atoms with van der Waals surface area (Å²) in [4.78, 5) is 16.1. The first kappa shape index (κ1) is 24.0. The molecule has 7 nitrogen and oxygen atoms in total. The van der Waals surface area contributed by atoms with Crippen molar-refractivity contribution in [3.63, 3.8) is 0 Å². The Bertz CT molecular complexity index is 1030. The number of hydrogen-bond donors (Lipinski definition) is 2. The molecule has 2 aromatic rings. The van der Waals surface area contributed by atoms with E-state index in [1.54, 1.807) is 18.5 Å². The molecule has 3 heterocycles. The molecule has 0 amide bonds. The maximum Gasteiger partial charge on any atom is 0.158 e. The van der Waals surface area contributed by atoms with E-state index in [1.165, 1.54) is 24.6 Å². The lowest BCUT2D eigenvalue weighted by molar-refractivity contribution is -0.00676. The number of nitrogen functional groups attached to an aromatic ring is 1. The van der Waals surface area contributed by atoms with Crippen LogP contribution in [0.25, 0.3) is 0 Å². The van der Waals surface area contributed by atoms with Gasteiger partial charge in [0.2, 0.25) is 0 Å². The average molecular weight is 516 g/mol. The third-order valence-electron chi connectivity index (χ3n) is 6.99. The van der Waals surface area contributed by atoms with Crippen molar-refractivity contribution in [1.29, 1.82) is 0 Å². The van der Waals surface area contributed by atoms with Crippen molar-refractivity contribution in [1.82, 2.24) is 15.0 Å². The topological polar surface area (TPSA) is 111 Å². The van der Waals surface area contributed by atoms with Gasteiger partial charge in [0.15, 0.2) is 5.82 Å². The number of hydrogen-bond acceptors (Lipinski definition) is 7. The second-order valence-corrected chi connectivity index (χ2v) is 12.7. The quantitative estimate of drug-likeness (QED) is 0.537. The highest BCUT2D eigenvalue weighted by atomic mass is 35.5. The Morgan fingerprint density at radius 1 is 1.28 bits per heavy atom. The van der Waals surface area contributed by atoms with Crippen LogP contribution in [-0.4, -0.2) is 37.0 Å². The van der Waals surface area contributed by atoms with E-state index in [-0.39, 0.29) is 9.90 Å². The molecule has 2 atom stereocenters. The summed E-state index contributed by atoms with van der Waals surface area (Å²) in [5, 5.41) is 6.93. The minimum Gasteiger partial charge on any atom is -0.381 e. The van der Waals surface area contributed by atoms with Gasteiger partial charge < -0.3 is 10.6 Å². The summed E-state index contributed by atoms with van der Waals surface area (Å²) in [5.74, 6) is 1.74. The van der Waals surface area contributed by atoms with Crippen LogP contribution in [0.3, 0.4) is 0 Å². The predicted octanol–water partition coefficient (Wildman–Crippen LogP) is 4.70. The van der Waals surface area contributed by atoms with E-state index < -0.39 is 11.0 Å². The predicted molar refractivity (Wildman–Crippen MR) is 132 cm³/mol. The molecule has 1 saturated carbocycles. The monoisotopic (exact) mass is 514 g/mol. The van der Waals surface area contributed by atoms with Gasteiger partial charge in [-0.1, -0.05) is 35.0 Å². The molecule has 1 unspecified atom stereocenters. The molecule has 2 fully saturated rings. The number of pyridine rings is 1. The fourth-order valence-electron chi connectivity index (χ4n) is 4.79. The molecule has 32 heavy (non-hydrogen) atoms. The van der Waals surface area contributed by atoms with Crippen LogP contribution in [0.1, 0.15) is 46.0 Å². The lowest BCUT2D eigenvalue weighted by Gasteiger charge is -2.55. The van der Waals surface area contributed by atoms with Crippen molar-refractivity contribution < 1.29 is 4.21 Å². The van der Waals surface area contributed by atoms with Gasteiger partial charge in [-0.2, -0.15) is 0 Å². The fraction of sp³-hybridized carbons (Fsp3) is 0.571. The second-order valence-electron chi connectivity index (χ2n) is 9.28. The van der Waals surface area contributed by atoms with E-state index in [0.29, 0.717) is 27.2 Å². The largest absolute Gasteiger partial charge is 0.381 e. The van der Waals surface area contributed by atoms with Crippen LogP contribution in [0.15, 0.2) is 28.4 Å². The molecule has 2 aliphatic rings. The van der Waals surface area contributed by atoms with Gasteiger partial charge in [-0.05, 0) is 63.4 Å². The Hall–Kier alpha value is -1.13. The lowest BCUT2D eigenvalue weighted by atomic mass is 9.54. The second kappa shape index (κ2) is 9.25. The van der Waals surface area contributed by atoms with E-state index in [9.17, 15) is 4.21 Å². The highest BCUT2D eigenvalue weighted by Gasteiger charge is 2.50. The third-order valence-corrected chi connectivity index (χ3v) is 10.2. The molecule has 0 aromatic carbocycles. The molecule has 174 valence electrons. The van der Waals surface area contributed by atoms with Crippen molar-refractivity contribution in [2.45, 2.75) is 60.6 Å². The van der Waals surface area contributed by atoms with Crippen LogP contribution in [0.4, 0.5) is 11.6 Å². The van der Waals surface area contributed by atoms with E-state index in [0.717, 1.165) is 43.1 Å². The average Bonchev–Trinajstić information content (AvgIpc) is 2.76. The van der Waals surface area contributed by atoms with Gasteiger partial charge in [0.1, 0.15) is 16.0 Å². The van der Waals surface area contributed by atoms with Gasteiger partial charge in [-0.3, -0.25) is 5.14 Å². The summed E-state index contributed by atoms with van der Waals surface area (Å²) in [5.41, 5.74) is 6.55. The van der Waals surface area contributed by atoms with Gasteiger partial charge in [0.05, 0.1) is 27.0 Å². The van der Waals surface area contributed by atoms with Gasteiger partial charge in [0.25, 0.3) is 0 Å². The summed E-state index contributed by atoms with van der Waals surface area (Å²) < 4.78 is 11.6. The zero-order valence-corrected chi connectivity index (χ0v) is 21.3. The molecule has 1 aliphatic carbocycles. The van der Waals surface area contributed by atoms with E-state index in [4.69, 9.17) is 34.1 Å². The lowest BCUT2D eigenvalue weighted by Crippen LogP contribution is -2.52. The van der Waals surface area contributed by atoms with E-state index in [2.05, 4.69) is 19.9 Å². The Morgan fingerprint density at radius 3 is 2.59 bits per heavy atom. The third kappa shape index (κ3) is 4.73. The van der Waals surface area contributed by atoms with Crippen LogP contribution >= 0.6 is 35.0 Å². The number of nitrogens with two attached hydrogens (primary N) is 2. The van der Waals surface area contributed by atoms with Gasteiger partial charge in [-0.25, -0.2) is 19.2 Å². The molecule has 1 aliphatic heterocycles. The summed E-state index contributed by atoms with van der Waals surface area (Å²) in [6, 6.07) is 1.77. The van der Waals surface area contributed by atoms with Crippen LogP contribution in [0, 0.1) is 11.3 Å². The van der Waals surface area contributed by atoms with Gasteiger partial charge >= 0.3 is 0 Å². The first-order chi connectivity index (χ1) is 15.1. The molecular formula is C21H28Cl2N6OS2. The van der Waals surface area contributed by atoms with E-state index in [1.807, 2.05) is 13.8 Å². The standard InChI is InChI=1S/C21H28Cl2N6OS2/c1-20(2,32(25)30)11-13-3-5-21(13)6-9-29(10-7-21)15-12-27-19(18(24)28-15)31-14-4-8-26-17(23)16(14)22/h4,8,12-13H,3,5-7,9-11,25H2,1-2H3,(H2,24,28)/t13-,32?/m0/s1. The normalized spacial score (nSPS) is 21.4. The van der Waals surface area contributed by atoms with Crippen LogP contribution < -0.4 is 15.8 Å². The van der Waals surface area contributed by atoms with Crippen molar-refractivity contribution in [3.8, 4) is 0 Å². The number of nitrogens with zero attached hydrogens (tertiary/aromatic N) is 4. The minimum absolute atomic E-state index is 0.248. The number of anilines is 2. The zero-order valence-electron chi connectivity index (χ0n) is 18.2. The van der Waals surface area contributed by atoms with E-state index >= 15 is 0 Å². The number of halogens is 2. The van der Waals surface area contributed by atoms with Gasteiger partial charge in [0, 0.05) is 24.2 Å². The molecule has 4 rings (SSSR count). The smallest absolute Gasteiger partial charge is 0.158 e. The van der Waals surface area contributed by atoms with Crippen molar-refractivity contribution in [2.75, 3.05) is 23.7 Å². The maximum atomic E-state index is 11.9. The molecule has 1 spiro atoms. The summed E-state index contributed by atoms with van der Waals surface area (Å²) in [7, 11) is -1.31. The summed E-state index contributed by atoms with van der Waals surface area (Å²) in [6.45, 7) is 5.84. The van der Waals surface area contributed by atoms with Crippen molar-refractivity contribution in [2.24, 2.45) is 16.5 Å². The number of rotatable bonds is 6. The highest BCUT2D eigenvalue weighted by Crippen LogP contribution is 2.56. The molecular weight excluding hydrogens is 487 g/mol. The fourth-order valence-corrected chi connectivity index (χ4v) is 6.37. The Balaban J connectivity index is 1.40. The molecule has 0 bridgehead atoms. The molecule has 11 heteroatoms. The Labute approximate surface area is 205 Å². The Morgan fingerprint density at radius 2 is 2.00 bits per heavy atom. The maximum absolute atomic E-state index is 11.9. The van der Waals surface area contributed by atoms with Crippen molar-refractivity contribution >= 4 is 57.6 Å². The number of aromatic nitrogens is 3. The zero-order chi connectivity index (χ0) is 23.1. The first-order valence-corrected chi connectivity index (χ1v) is 13.4. The van der Waals surface area contributed by atoms with Crippen LogP contribution in [0.2, 0.25) is 10.2 Å². The SMILES string of the molecule is CC(C)(C[C@@H]1CCC12CCN(c1cnc(Sc3ccnc(Cl)c3Cl)c(N)n1)CC2)S(N)=O.